The summed E-state index contributed by atoms with van der Waals surface area (Å²) in [6, 6.07) is -0.338. The van der Waals surface area contributed by atoms with Crippen LogP contribution in [0.3, 0.4) is 0 Å². The van der Waals surface area contributed by atoms with E-state index < -0.39 is 0 Å². The molecule has 0 unspecified atom stereocenters. The van der Waals surface area contributed by atoms with Crippen molar-refractivity contribution >= 4 is 5.91 Å². The molecule has 0 aliphatic carbocycles. The predicted molar refractivity (Wildman–Crippen MR) is 40.9 cm³/mol. The molecular weight excluding hydrogens is 144 g/mol. The monoisotopic (exact) mass is 158 g/mol. The highest BCUT2D eigenvalue weighted by atomic mass is 16.3. The van der Waals surface area contributed by atoms with Crippen LogP contribution in [-0.4, -0.2) is 41.7 Å². The molecule has 0 radical (unpaired) electrons. The Hall–Kier alpha value is -0.610. The minimum atomic E-state index is -0.338. The molecule has 1 saturated heterocycles. The average Bonchev–Trinajstić information content (AvgIpc) is 1.99. The first kappa shape index (κ1) is 8.49. The summed E-state index contributed by atoms with van der Waals surface area (Å²) < 4.78 is 0. The fourth-order valence-electron chi connectivity index (χ4n) is 1.31. The maximum atomic E-state index is 11.2. The molecule has 0 bridgehead atoms. The summed E-state index contributed by atoms with van der Waals surface area (Å²) in [7, 11) is 0. The Morgan fingerprint density at radius 1 is 1.73 bits per heavy atom. The van der Waals surface area contributed by atoms with Gasteiger partial charge in [0, 0.05) is 13.1 Å². The summed E-state index contributed by atoms with van der Waals surface area (Å²) in [6.07, 6.45) is 1.73. The quantitative estimate of drug-likeness (QED) is 0.537. The summed E-state index contributed by atoms with van der Waals surface area (Å²) in [5.74, 6) is -0.0229. The van der Waals surface area contributed by atoms with Crippen molar-refractivity contribution in [2.75, 3.05) is 19.7 Å². The predicted octanol–water partition coefficient (Wildman–Crippen LogP) is -1.07. The number of nitrogens with two attached hydrogens (primary N) is 1. The lowest BCUT2D eigenvalue weighted by Crippen LogP contribution is -2.49. The molecule has 3 N–H and O–H groups in total. The van der Waals surface area contributed by atoms with Crippen molar-refractivity contribution in [1.82, 2.24) is 4.90 Å². The molecule has 0 aromatic heterocycles. The zero-order chi connectivity index (χ0) is 8.27. The van der Waals surface area contributed by atoms with Gasteiger partial charge in [-0.1, -0.05) is 0 Å². The van der Waals surface area contributed by atoms with Gasteiger partial charge in [-0.3, -0.25) is 4.79 Å². The lowest BCUT2D eigenvalue weighted by molar-refractivity contribution is -0.135. The van der Waals surface area contributed by atoms with Gasteiger partial charge in [0.15, 0.2) is 0 Å². The number of hydrogen-bond acceptors (Lipinski definition) is 3. The number of aliphatic hydroxyl groups excluding tert-OH is 1. The van der Waals surface area contributed by atoms with E-state index in [0.717, 1.165) is 19.4 Å². The topological polar surface area (TPSA) is 66.6 Å². The third-order valence-electron chi connectivity index (χ3n) is 1.94. The number of nitrogens with zero attached hydrogens (tertiary/aromatic N) is 1. The Kier molecular flexibility index (Phi) is 2.84. The van der Waals surface area contributed by atoms with E-state index in [1.807, 2.05) is 0 Å². The second-order valence-electron chi connectivity index (χ2n) is 2.80. The molecule has 0 aromatic carbocycles. The molecule has 1 aliphatic heterocycles. The minimum absolute atomic E-state index is 0.0229. The van der Waals surface area contributed by atoms with Crippen molar-refractivity contribution in [3.8, 4) is 0 Å². The molecule has 1 amide bonds. The van der Waals surface area contributed by atoms with Crippen molar-refractivity contribution in [2.45, 2.75) is 18.9 Å². The van der Waals surface area contributed by atoms with Crippen LogP contribution < -0.4 is 5.73 Å². The van der Waals surface area contributed by atoms with Crippen molar-refractivity contribution in [3.05, 3.63) is 0 Å². The number of piperidine rings is 1. The Bertz CT molecular complexity index is 147. The van der Waals surface area contributed by atoms with E-state index in [1.54, 1.807) is 4.90 Å². The highest BCUT2D eigenvalue weighted by Crippen LogP contribution is 2.08. The van der Waals surface area contributed by atoms with E-state index in [0.29, 0.717) is 6.54 Å². The number of likely N-dealkylation sites (tertiary alicyclic amines) is 1. The van der Waals surface area contributed by atoms with Crippen molar-refractivity contribution < 1.29 is 9.90 Å². The average molecular weight is 158 g/mol. The number of rotatable bonds is 2. The van der Waals surface area contributed by atoms with Gasteiger partial charge in [0.1, 0.15) is 0 Å². The van der Waals surface area contributed by atoms with Crippen LogP contribution in [0.25, 0.3) is 0 Å². The molecule has 4 heteroatoms. The highest BCUT2D eigenvalue weighted by molar-refractivity contribution is 5.82. The second kappa shape index (κ2) is 3.69. The van der Waals surface area contributed by atoms with Gasteiger partial charge in [-0.2, -0.15) is 0 Å². The third kappa shape index (κ3) is 1.91. The number of β-amino-alcohol motifs (C(OH)–C–C–N with tert-alkyl or cyclic N) is 1. The zero-order valence-corrected chi connectivity index (χ0v) is 6.49. The van der Waals surface area contributed by atoms with Crippen LogP contribution >= 0.6 is 0 Å². The lowest BCUT2D eigenvalue weighted by atomic mass is 10.1. The van der Waals surface area contributed by atoms with Crippen LogP contribution in [0.4, 0.5) is 0 Å². The van der Waals surface area contributed by atoms with Gasteiger partial charge in [0.2, 0.25) is 5.91 Å². The molecule has 1 atom stereocenters. The molecule has 64 valence electrons. The molecule has 4 nitrogen and oxygen atoms in total. The first-order valence-corrected chi connectivity index (χ1v) is 3.91. The Balaban J connectivity index is 2.44. The van der Waals surface area contributed by atoms with E-state index >= 15 is 0 Å². The standard InChI is InChI=1S/C7H14N2O2/c8-6-2-1-3-9(4-5-10)7(6)11/h6,10H,1-5,8H2/t6-/m0/s1. The number of amides is 1. The molecule has 0 spiro atoms. The van der Waals surface area contributed by atoms with Gasteiger partial charge < -0.3 is 15.7 Å². The summed E-state index contributed by atoms with van der Waals surface area (Å²) in [4.78, 5) is 12.8. The summed E-state index contributed by atoms with van der Waals surface area (Å²) >= 11 is 0. The highest BCUT2D eigenvalue weighted by Gasteiger charge is 2.24. The smallest absolute Gasteiger partial charge is 0.239 e. The Morgan fingerprint density at radius 2 is 2.45 bits per heavy atom. The van der Waals surface area contributed by atoms with Crippen molar-refractivity contribution in [3.63, 3.8) is 0 Å². The van der Waals surface area contributed by atoms with Gasteiger partial charge in [-0.25, -0.2) is 0 Å². The van der Waals surface area contributed by atoms with E-state index in [9.17, 15) is 4.79 Å². The van der Waals surface area contributed by atoms with Crippen LogP contribution in [0, 0.1) is 0 Å². The van der Waals surface area contributed by atoms with Gasteiger partial charge in [-0.05, 0) is 12.8 Å². The zero-order valence-electron chi connectivity index (χ0n) is 6.49. The summed E-state index contributed by atoms with van der Waals surface area (Å²) in [5, 5.41) is 8.59. The fourth-order valence-corrected chi connectivity index (χ4v) is 1.31. The lowest BCUT2D eigenvalue weighted by Gasteiger charge is -2.29. The Labute approximate surface area is 66.0 Å². The van der Waals surface area contributed by atoms with E-state index in [2.05, 4.69) is 0 Å². The van der Waals surface area contributed by atoms with Crippen molar-refractivity contribution in [2.24, 2.45) is 5.73 Å². The summed E-state index contributed by atoms with van der Waals surface area (Å²) in [5.41, 5.74) is 5.53. The number of hydrogen-bond donors (Lipinski definition) is 2. The van der Waals surface area contributed by atoms with E-state index in [-0.39, 0.29) is 18.6 Å². The van der Waals surface area contributed by atoms with Gasteiger partial charge >= 0.3 is 0 Å². The largest absolute Gasteiger partial charge is 0.395 e. The van der Waals surface area contributed by atoms with Gasteiger partial charge in [0.05, 0.1) is 12.6 Å². The van der Waals surface area contributed by atoms with E-state index in [1.165, 1.54) is 0 Å². The molecule has 1 rings (SSSR count). The molecule has 0 aromatic rings. The third-order valence-corrected chi connectivity index (χ3v) is 1.94. The van der Waals surface area contributed by atoms with Crippen LogP contribution in [0.15, 0.2) is 0 Å². The van der Waals surface area contributed by atoms with Gasteiger partial charge in [0.25, 0.3) is 0 Å². The molecular formula is C7H14N2O2. The summed E-state index contributed by atoms with van der Waals surface area (Å²) in [6.45, 7) is 1.19. The molecule has 1 fully saturated rings. The molecule has 0 saturated carbocycles. The first-order chi connectivity index (χ1) is 5.25. The van der Waals surface area contributed by atoms with Crippen LogP contribution in [0.2, 0.25) is 0 Å². The maximum absolute atomic E-state index is 11.2. The van der Waals surface area contributed by atoms with E-state index in [4.69, 9.17) is 10.8 Å². The maximum Gasteiger partial charge on any atom is 0.239 e. The number of aliphatic hydroxyl groups is 1. The van der Waals surface area contributed by atoms with Gasteiger partial charge in [-0.15, -0.1) is 0 Å². The normalized spacial score (nSPS) is 25.8. The molecule has 1 heterocycles. The fraction of sp³-hybridized carbons (Fsp3) is 0.857. The minimum Gasteiger partial charge on any atom is -0.395 e. The number of carbonyl (C=O) groups is 1. The first-order valence-electron chi connectivity index (χ1n) is 3.91. The Morgan fingerprint density at radius 3 is 3.09 bits per heavy atom. The van der Waals surface area contributed by atoms with Crippen molar-refractivity contribution in [1.29, 1.82) is 0 Å². The van der Waals surface area contributed by atoms with Crippen LogP contribution in [0.1, 0.15) is 12.8 Å². The SMILES string of the molecule is N[C@H]1CCCN(CCO)C1=O. The molecule has 1 aliphatic rings. The van der Waals surface area contributed by atoms with Crippen LogP contribution in [0.5, 0.6) is 0 Å². The van der Waals surface area contributed by atoms with Crippen LogP contribution in [-0.2, 0) is 4.79 Å². The molecule has 11 heavy (non-hydrogen) atoms. The second-order valence-corrected chi connectivity index (χ2v) is 2.80. The number of carbonyl (C=O) groups excluding carboxylic acids is 1.